The second-order valence-corrected chi connectivity index (χ2v) is 8.80. The van der Waals surface area contributed by atoms with Gasteiger partial charge < -0.3 is 15.2 Å². The van der Waals surface area contributed by atoms with Gasteiger partial charge in [-0.25, -0.2) is 0 Å². The summed E-state index contributed by atoms with van der Waals surface area (Å²) in [4.78, 5) is 26.9. The largest absolute Gasteiger partial charge is 0.350 e. The fraction of sp³-hybridized carbons (Fsp3) is 0.286. The molecule has 2 heterocycles. The molecule has 3 aromatic rings. The highest BCUT2D eigenvalue weighted by Gasteiger charge is 2.21. The molecule has 4 rings (SSSR count). The number of nitrogens with one attached hydrogen (secondary N) is 2. The van der Waals surface area contributed by atoms with Crippen molar-refractivity contribution >= 4 is 23.6 Å². The van der Waals surface area contributed by atoms with Crippen LogP contribution in [0.4, 0.5) is 5.69 Å². The van der Waals surface area contributed by atoms with Crippen molar-refractivity contribution in [2.45, 2.75) is 32.7 Å². The van der Waals surface area contributed by atoms with Crippen molar-refractivity contribution in [3.8, 4) is 5.69 Å². The number of hydrogen-bond donors (Lipinski definition) is 2. The van der Waals surface area contributed by atoms with Gasteiger partial charge in [0.1, 0.15) is 0 Å². The van der Waals surface area contributed by atoms with Crippen LogP contribution in [-0.4, -0.2) is 47.0 Å². The van der Waals surface area contributed by atoms with Crippen molar-refractivity contribution < 1.29 is 9.59 Å². The minimum Gasteiger partial charge on any atom is -0.350 e. The number of likely N-dealkylation sites (tertiary alicyclic amines) is 1. The molecule has 1 fully saturated rings. The van der Waals surface area contributed by atoms with Gasteiger partial charge >= 0.3 is 0 Å². The number of rotatable bonds is 7. The van der Waals surface area contributed by atoms with Crippen LogP contribution in [-0.2, 0) is 9.59 Å². The van der Waals surface area contributed by atoms with Gasteiger partial charge in [0.25, 0.3) is 0 Å². The lowest BCUT2D eigenvalue weighted by atomic mass is 10.0. The molecule has 0 radical (unpaired) electrons. The molecule has 1 saturated heterocycles. The number of anilines is 1. The lowest BCUT2D eigenvalue weighted by Crippen LogP contribution is -2.46. The minimum absolute atomic E-state index is 0.00952. The van der Waals surface area contributed by atoms with Crippen molar-refractivity contribution in [3.63, 3.8) is 0 Å². The van der Waals surface area contributed by atoms with Gasteiger partial charge in [-0.3, -0.25) is 14.5 Å². The monoisotopic (exact) mass is 456 g/mol. The average Bonchev–Trinajstić information content (AvgIpc) is 3.13. The van der Waals surface area contributed by atoms with Crippen LogP contribution in [0.25, 0.3) is 11.8 Å². The highest BCUT2D eigenvalue weighted by molar-refractivity contribution is 5.92. The number of amides is 2. The average molecular weight is 457 g/mol. The SMILES string of the molecule is Cc1cc(/C=C/C(=O)NC2CCN(CC(=O)Nc3ccccc3)CC2)c(C)n1-c1ccccc1. The Labute approximate surface area is 201 Å². The number of piperidine rings is 1. The molecule has 0 spiro atoms. The van der Waals surface area contributed by atoms with Crippen molar-refractivity contribution in [3.05, 3.63) is 89.8 Å². The molecule has 2 aromatic carbocycles. The van der Waals surface area contributed by atoms with Crippen LogP contribution < -0.4 is 10.6 Å². The maximum Gasteiger partial charge on any atom is 0.244 e. The fourth-order valence-corrected chi connectivity index (χ4v) is 4.51. The summed E-state index contributed by atoms with van der Waals surface area (Å²) in [5.41, 5.74) is 5.20. The summed E-state index contributed by atoms with van der Waals surface area (Å²) in [7, 11) is 0. The van der Waals surface area contributed by atoms with E-state index in [-0.39, 0.29) is 17.9 Å². The zero-order valence-corrected chi connectivity index (χ0v) is 19.8. The molecule has 0 bridgehead atoms. The van der Waals surface area contributed by atoms with Gasteiger partial charge in [-0.2, -0.15) is 0 Å². The van der Waals surface area contributed by atoms with Gasteiger partial charge in [-0.1, -0.05) is 36.4 Å². The number of aryl methyl sites for hydroxylation is 1. The summed E-state index contributed by atoms with van der Waals surface area (Å²) in [6.45, 7) is 6.09. The van der Waals surface area contributed by atoms with Crippen molar-refractivity contribution in [1.29, 1.82) is 0 Å². The Morgan fingerprint density at radius 2 is 1.62 bits per heavy atom. The molecule has 0 atom stereocenters. The molecule has 176 valence electrons. The standard InChI is InChI=1S/C28H32N4O2/c1-21-19-23(22(2)32(21)26-11-7-4-8-12-26)13-14-27(33)29-25-15-17-31(18-16-25)20-28(34)30-24-9-5-3-6-10-24/h3-14,19,25H,15-18,20H2,1-2H3,(H,29,33)(H,30,34)/b14-13+. The summed E-state index contributed by atoms with van der Waals surface area (Å²) in [6.07, 6.45) is 5.18. The van der Waals surface area contributed by atoms with Crippen LogP contribution in [0.5, 0.6) is 0 Å². The van der Waals surface area contributed by atoms with Gasteiger partial charge in [0.05, 0.1) is 6.54 Å². The molecule has 1 aromatic heterocycles. The van der Waals surface area contributed by atoms with Crippen molar-refractivity contribution in [2.24, 2.45) is 0 Å². The summed E-state index contributed by atoms with van der Waals surface area (Å²) in [5, 5.41) is 6.04. The van der Waals surface area contributed by atoms with Gasteiger partial charge in [0.15, 0.2) is 0 Å². The lowest BCUT2D eigenvalue weighted by Gasteiger charge is -2.31. The molecule has 0 saturated carbocycles. The zero-order chi connectivity index (χ0) is 23.9. The van der Waals surface area contributed by atoms with E-state index in [4.69, 9.17) is 0 Å². The molecule has 0 unspecified atom stereocenters. The Morgan fingerprint density at radius 3 is 2.29 bits per heavy atom. The summed E-state index contributed by atoms with van der Waals surface area (Å²) < 4.78 is 2.20. The molecule has 1 aliphatic rings. The third-order valence-electron chi connectivity index (χ3n) is 6.26. The number of carbonyl (C=O) groups is 2. The second kappa shape index (κ2) is 11.0. The van der Waals surface area contributed by atoms with E-state index >= 15 is 0 Å². The van der Waals surface area contributed by atoms with Crippen molar-refractivity contribution in [2.75, 3.05) is 25.0 Å². The smallest absolute Gasteiger partial charge is 0.244 e. The third-order valence-corrected chi connectivity index (χ3v) is 6.26. The summed E-state index contributed by atoms with van der Waals surface area (Å²) in [5.74, 6) is -0.0884. The first-order chi connectivity index (χ1) is 16.5. The first-order valence-electron chi connectivity index (χ1n) is 11.8. The molecule has 6 nitrogen and oxygen atoms in total. The van der Waals surface area contributed by atoms with Crippen molar-refractivity contribution in [1.82, 2.24) is 14.8 Å². The van der Waals surface area contributed by atoms with Crippen LogP contribution in [0, 0.1) is 13.8 Å². The van der Waals surface area contributed by atoms with Gasteiger partial charge in [0, 0.05) is 48.0 Å². The second-order valence-electron chi connectivity index (χ2n) is 8.80. The maximum absolute atomic E-state index is 12.5. The van der Waals surface area contributed by atoms with Crippen LogP contribution >= 0.6 is 0 Å². The normalized spacial score (nSPS) is 14.9. The lowest BCUT2D eigenvalue weighted by molar-refractivity contribution is -0.119. The quantitative estimate of drug-likeness (QED) is 0.520. The summed E-state index contributed by atoms with van der Waals surface area (Å²) >= 11 is 0. The zero-order valence-electron chi connectivity index (χ0n) is 19.8. The van der Waals surface area contributed by atoms with E-state index < -0.39 is 0 Å². The van der Waals surface area contributed by atoms with E-state index in [1.54, 1.807) is 6.08 Å². The van der Waals surface area contributed by atoms with Gasteiger partial charge in [0.2, 0.25) is 11.8 Å². The Balaban J connectivity index is 1.25. The highest BCUT2D eigenvalue weighted by atomic mass is 16.2. The van der Waals surface area contributed by atoms with Crippen LogP contribution in [0.2, 0.25) is 0 Å². The first-order valence-corrected chi connectivity index (χ1v) is 11.8. The van der Waals surface area contributed by atoms with E-state index in [2.05, 4.69) is 52.1 Å². The summed E-state index contributed by atoms with van der Waals surface area (Å²) in [6, 6.07) is 21.9. The molecule has 2 N–H and O–H groups in total. The van der Waals surface area contributed by atoms with E-state index in [9.17, 15) is 9.59 Å². The van der Waals surface area contributed by atoms with Crippen LogP contribution in [0.1, 0.15) is 29.8 Å². The van der Waals surface area contributed by atoms with Crippen LogP contribution in [0.15, 0.2) is 72.8 Å². The minimum atomic E-state index is -0.0789. The Hall–Kier alpha value is -3.64. The molecule has 0 aliphatic carbocycles. The van der Waals surface area contributed by atoms with E-state index in [0.717, 1.165) is 54.3 Å². The fourth-order valence-electron chi connectivity index (χ4n) is 4.51. The number of benzene rings is 2. The van der Waals surface area contributed by atoms with Gasteiger partial charge in [-0.05, 0) is 68.7 Å². The number of nitrogens with zero attached hydrogens (tertiary/aromatic N) is 2. The molecular weight excluding hydrogens is 424 g/mol. The maximum atomic E-state index is 12.5. The molecule has 34 heavy (non-hydrogen) atoms. The molecule has 6 heteroatoms. The Bertz CT molecular complexity index is 1140. The predicted octanol–water partition coefficient (Wildman–Crippen LogP) is 4.33. The van der Waals surface area contributed by atoms with E-state index in [0.29, 0.717) is 6.54 Å². The highest BCUT2D eigenvalue weighted by Crippen LogP contribution is 2.21. The predicted molar refractivity (Wildman–Crippen MR) is 137 cm³/mol. The Kier molecular flexibility index (Phi) is 7.60. The molecule has 2 amide bonds. The number of hydrogen-bond acceptors (Lipinski definition) is 3. The molecule has 1 aliphatic heterocycles. The van der Waals surface area contributed by atoms with Crippen LogP contribution in [0.3, 0.4) is 0 Å². The van der Waals surface area contributed by atoms with E-state index in [1.807, 2.05) is 54.6 Å². The number of aromatic nitrogens is 1. The van der Waals surface area contributed by atoms with Gasteiger partial charge in [-0.15, -0.1) is 0 Å². The number of carbonyl (C=O) groups excluding carboxylic acids is 2. The Morgan fingerprint density at radius 1 is 0.971 bits per heavy atom. The third kappa shape index (κ3) is 6.02. The van der Waals surface area contributed by atoms with E-state index in [1.165, 1.54) is 0 Å². The topological polar surface area (TPSA) is 66.4 Å². The first kappa shape index (κ1) is 23.5. The number of para-hydroxylation sites is 2. The molecular formula is C28H32N4O2.